The van der Waals surface area contributed by atoms with Gasteiger partial charge in [-0.2, -0.15) is 0 Å². The van der Waals surface area contributed by atoms with Gasteiger partial charge in [0.25, 0.3) is 10.0 Å². The molecule has 33 heavy (non-hydrogen) atoms. The van der Waals surface area contributed by atoms with Crippen molar-refractivity contribution in [2.24, 2.45) is 0 Å². The molecule has 10 heteroatoms. The molecule has 2 aromatic carbocycles. The molecule has 0 spiro atoms. The average Bonchev–Trinajstić information content (AvgIpc) is 3.37. The summed E-state index contributed by atoms with van der Waals surface area (Å²) in [7, 11) is -5.68. The second-order valence-electron chi connectivity index (χ2n) is 8.85. The Hall–Kier alpha value is -2.88. The number of rotatable bonds is 6. The first kappa shape index (κ1) is 23.3. The van der Waals surface area contributed by atoms with Crippen LogP contribution < -0.4 is 10.7 Å². The van der Waals surface area contributed by atoms with E-state index in [1.807, 2.05) is 6.07 Å². The van der Waals surface area contributed by atoms with Gasteiger partial charge < -0.3 is 9.84 Å². The Bertz CT molecular complexity index is 1450. The van der Waals surface area contributed by atoms with E-state index >= 15 is 0 Å². The number of carbonyl (C=O) groups is 1. The zero-order valence-corrected chi connectivity index (χ0v) is 21.3. The lowest BCUT2D eigenvalue weighted by Crippen LogP contribution is -2.36. The molecule has 0 radical (unpaired) electrons. The molecule has 1 amide bonds. The van der Waals surface area contributed by atoms with Gasteiger partial charge in [-0.05, 0) is 30.3 Å². The van der Waals surface area contributed by atoms with Gasteiger partial charge in [0.2, 0.25) is 5.91 Å². The normalized spacial score (nSPS) is 12.3. The van der Waals surface area contributed by atoms with Crippen molar-refractivity contribution in [2.45, 2.75) is 38.0 Å². The Kier molecular flexibility index (Phi) is 5.98. The Balaban J connectivity index is 1.96. The van der Waals surface area contributed by atoms with E-state index in [1.54, 1.807) is 36.4 Å². The summed E-state index contributed by atoms with van der Waals surface area (Å²) in [6, 6.07) is 15.2. The highest BCUT2D eigenvalue weighted by atomic mass is 35.5. The van der Waals surface area contributed by atoms with Crippen molar-refractivity contribution in [1.29, 1.82) is 0 Å². The van der Waals surface area contributed by atoms with Crippen LogP contribution in [-0.4, -0.2) is 31.5 Å². The summed E-state index contributed by atoms with van der Waals surface area (Å²) in [5.41, 5.74) is 1.98. The second kappa shape index (κ2) is 8.47. The summed E-state index contributed by atoms with van der Waals surface area (Å²) in [4.78, 5) is 11.7. The van der Waals surface area contributed by atoms with Crippen molar-refractivity contribution in [1.82, 2.24) is 14.4 Å². The molecule has 2 heterocycles. The minimum atomic E-state index is -3.95. The molecule has 0 saturated heterocycles. The standard InChI is InChI=1S/C23H24ClN3O4SSi/c1-15(28)25-14-17-10-16-11-20(24)19(21-13-23(31-26-21)33(2,3)4)12-22(16)27(17)32(29,30)18-8-6-5-7-9-18/h5-13H,14H2,1-4H3,(H,25,28). The molecule has 0 atom stereocenters. The van der Waals surface area contributed by atoms with Crippen LogP contribution in [0.5, 0.6) is 0 Å². The predicted octanol–water partition coefficient (Wildman–Crippen LogP) is 4.37. The molecular formula is C23H24ClN3O4SSi. The van der Waals surface area contributed by atoms with Crippen molar-refractivity contribution < 1.29 is 17.7 Å². The third-order valence-electron chi connectivity index (χ3n) is 5.24. The van der Waals surface area contributed by atoms with Crippen LogP contribution in [0.25, 0.3) is 22.2 Å². The number of hydrogen-bond donors (Lipinski definition) is 1. The van der Waals surface area contributed by atoms with Crippen LogP contribution in [0.15, 0.2) is 64.0 Å². The Labute approximate surface area is 198 Å². The number of hydrogen-bond acceptors (Lipinski definition) is 5. The van der Waals surface area contributed by atoms with E-state index in [-0.39, 0.29) is 17.3 Å². The molecule has 0 saturated carbocycles. The van der Waals surface area contributed by atoms with Gasteiger partial charge in [-0.3, -0.25) is 4.79 Å². The molecule has 1 N–H and O–H groups in total. The third kappa shape index (κ3) is 4.48. The molecule has 7 nitrogen and oxygen atoms in total. The van der Waals surface area contributed by atoms with E-state index in [1.165, 1.54) is 23.0 Å². The van der Waals surface area contributed by atoms with E-state index in [0.717, 1.165) is 5.38 Å². The minimum absolute atomic E-state index is 0.0484. The van der Waals surface area contributed by atoms with Crippen LogP contribution in [0.1, 0.15) is 12.6 Å². The second-order valence-corrected chi connectivity index (χ2v) is 16.0. The molecule has 0 aliphatic rings. The third-order valence-corrected chi connectivity index (χ3v) is 9.05. The van der Waals surface area contributed by atoms with Gasteiger partial charge in [-0.1, -0.05) is 54.6 Å². The van der Waals surface area contributed by atoms with Crippen molar-refractivity contribution in [3.8, 4) is 11.3 Å². The highest BCUT2D eigenvalue weighted by Gasteiger charge is 2.26. The van der Waals surface area contributed by atoms with Crippen molar-refractivity contribution in [2.75, 3.05) is 0 Å². The van der Waals surface area contributed by atoms with Crippen LogP contribution in [0.4, 0.5) is 0 Å². The fraction of sp³-hybridized carbons (Fsp3) is 0.217. The first-order valence-electron chi connectivity index (χ1n) is 10.3. The maximum Gasteiger partial charge on any atom is 0.268 e. The van der Waals surface area contributed by atoms with E-state index in [4.69, 9.17) is 16.1 Å². The zero-order valence-electron chi connectivity index (χ0n) is 18.7. The van der Waals surface area contributed by atoms with E-state index < -0.39 is 18.1 Å². The van der Waals surface area contributed by atoms with Crippen LogP contribution in [0.3, 0.4) is 0 Å². The fourth-order valence-corrected chi connectivity index (χ4v) is 6.25. The predicted molar refractivity (Wildman–Crippen MR) is 132 cm³/mol. The Morgan fingerprint density at radius 2 is 1.82 bits per heavy atom. The quantitative estimate of drug-likeness (QED) is 0.396. The maximum absolute atomic E-state index is 13.6. The zero-order chi connectivity index (χ0) is 24.0. The summed E-state index contributed by atoms with van der Waals surface area (Å²) in [6.07, 6.45) is 0. The molecule has 2 aromatic heterocycles. The van der Waals surface area contributed by atoms with E-state index in [2.05, 4.69) is 30.1 Å². The molecule has 0 aliphatic carbocycles. The van der Waals surface area contributed by atoms with Crippen LogP contribution in [-0.2, 0) is 21.4 Å². The first-order valence-corrected chi connectivity index (χ1v) is 15.7. The van der Waals surface area contributed by atoms with Crippen molar-refractivity contribution >= 4 is 51.9 Å². The monoisotopic (exact) mass is 501 g/mol. The van der Waals surface area contributed by atoms with Crippen LogP contribution in [0.2, 0.25) is 24.7 Å². The van der Waals surface area contributed by atoms with Crippen molar-refractivity contribution in [3.63, 3.8) is 0 Å². The largest absolute Gasteiger partial charge is 0.366 e. The lowest BCUT2D eigenvalue weighted by molar-refractivity contribution is -0.119. The Morgan fingerprint density at radius 3 is 2.42 bits per heavy atom. The number of nitrogens with zero attached hydrogens (tertiary/aromatic N) is 2. The number of amides is 1. The minimum Gasteiger partial charge on any atom is -0.366 e. The number of nitrogens with one attached hydrogen (secondary N) is 1. The van der Waals surface area contributed by atoms with Gasteiger partial charge in [0, 0.05) is 23.9 Å². The van der Waals surface area contributed by atoms with Crippen molar-refractivity contribution in [3.05, 3.63) is 65.3 Å². The fourth-order valence-electron chi connectivity index (χ4n) is 3.53. The van der Waals surface area contributed by atoms with Gasteiger partial charge in [0.05, 0.1) is 27.7 Å². The number of aromatic nitrogens is 2. The molecule has 0 bridgehead atoms. The van der Waals surface area contributed by atoms with E-state index in [9.17, 15) is 13.2 Å². The summed E-state index contributed by atoms with van der Waals surface area (Å²) in [5, 5.41) is 8.78. The molecule has 0 aliphatic heterocycles. The average molecular weight is 502 g/mol. The van der Waals surface area contributed by atoms with Gasteiger partial charge in [-0.15, -0.1) is 0 Å². The molecule has 4 aromatic rings. The SMILES string of the molecule is CC(=O)NCc1cc2cc(Cl)c(-c3cc([Si](C)(C)C)on3)cc2n1S(=O)(=O)c1ccccc1. The highest BCUT2D eigenvalue weighted by molar-refractivity contribution is 7.90. The molecule has 0 unspecified atom stereocenters. The number of carbonyl (C=O) groups excluding carboxylic acids is 1. The van der Waals surface area contributed by atoms with Gasteiger partial charge >= 0.3 is 0 Å². The molecular weight excluding hydrogens is 478 g/mol. The lowest BCUT2D eigenvalue weighted by atomic mass is 10.1. The van der Waals surface area contributed by atoms with Gasteiger partial charge in [0.1, 0.15) is 19.2 Å². The topological polar surface area (TPSA) is 94.2 Å². The van der Waals surface area contributed by atoms with Crippen LogP contribution >= 0.6 is 11.6 Å². The smallest absolute Gasteiger partial charge is 0.268 e. The summed E-state index contributed by atoms with van der Waals surface area (Å²) in [5.74, 6) is -0.260. The lowest BCUT2D eigenvalue weighted by Gasteiger charge is -2.13. The summed E-state index contributed by atoms with van der Waals surface area (Å²) >= 11 is 6.58. The number of fused-ring (bicyclic) bond motifs is 1. The summed E-state index contributed by atoms with van der Waals surface area (Å²) < 4.78 is 34.1. The van der Waals surface area contributed by atoms with Gasteiger partial charge in [-0.25, -0.2) is 12.4 Å². The number of halogens is 1. The molecule has 4 rings (SSSR count). The van der Waals surface area contributed by atoms with Gasteiger partial charge in [0.15, 0.2) is 0 Å². The maximum atomic E-state index is 13.6. The van der Waals surface area contributed by atoms with Crippen LogP contribution in [0, 0.1) is 0 Å². The highest BCUT2D eigenvalue weighted by Crippen LogP contribution is 2.35. The number of benzene rings is 2. The molecule has 172 valence electrons. The molecule has 0 fully saturated rings. The summed E-state index contributed by atoms with van der Waals surface area (Å²) in [6.45, 7) is 7.87. The Morgan fingerprint density at radius 1 is 1.12 bits per heavy atom. The first-order chi connectivity index (χ1) is 15.5. The van der Waals surface area contributed by atoms with E-state index in [0.29, 0.717) is 32.9 Å².